The van der Waals surface area contributed by atoms with Crippen LogP contribution in [0.5, 0.6) is 0 Å². The average molecular weight is 417 g/mol. The number of amides is 1. The molecule has 3 heterocycles. The smallest absolute Gasteiger partial charge is 0.254 e. The minimum atomic E-state index is 0.146. The highest BCUT2D eigenvalue weighted by atomic mass is 16.5. The molecule has 31 heavy (non-hydrogen) atoms. The first-order valence-corrected chi connectivity index (χ1v) is 11.0. The van der Waals surface area contributed by atoms with Crippen molar-refractivity contribution in [1.29, 1.82) is 0 Å². The second-order valence-corrected chi connectivity index (χ2v) is 8.78. The summed E-state index contributed by atoms with van der Waals surface area (Å²) < 4.78 is 7.47. The molecular weight excluding hydrogens is 388 g/mol. The van der Waals surface area contributed by atoms with Crippen molar-refractivity contribution in [2.75, 3.05) is 13.2 Å². The summed E-state index contributed by atoms with van der Waals surface area (Å²) in [6.45, 7) is 6.54. The maximum atomic E-state index is 13.1. The zero-order chi connectivity index (χ0) is 21.5. The lowest BCUT2D eigenvalue weighted by atomic mass is 9.91. The minimum absolute atomic E-state index is 0.146. The predicted molar refractivity (Wildman–Crippen MR) is 119 cm³/mol. The molecule has 0 spiro atoms. The third-order valence-electron chi connectivity index (χ3n) is 6.70. The number of carbonyl (C=O) groups is 1. The van der Waals surface area contributed by atoms with Crippen molar-refractivity contribution >= 4 is 5.91 Å². The van der Waals surface area contributed by atoms with E-state index in [9.17, 15) is 4.79 Å². The number of ether oxygens (including phenoxy) is 1. The molecule has 2 aliphatic heterocycles. The molecule has 2 aliphatic rings. The van der Waals surface area contributed by atoms with Crippen molar-refractivity contribution in [3.05, 3.63) is 69.9 Å². The second kappa shape index (κ2) is 7.93. The Labute approximate surface area is 182 Å². The summed E-state index contributed by atoms with van der Waals surface area (Å²) in [4.78, 5) is 15.1. The van der Waals surface area contributed by atoms with Gasteiger partial charge in [-0.05, 0) is 67.0 Å². The van der Waals surface area contributed by atoms with Crippen LogP contribution in [0.2, 0.25) is 0 Å². The van der Waals surface area contributed by atoms with Gasteiger partial charge in [0.2, 0.25) is 0 Å². The van der Waals surface area contributed by atoms with E-state index in [0.717, 1.165) is 42.7 Å². The molecule has 0 aliphatic carbocycles. The Balaban J connectivity index is 1.37. The van der Waals surface area contributed by atoms with E-state index in [1.165, 1.54) is 27.8 Å². The van der Waals surface area contributed by atoms with Crippen LogP contribution in [-0.4, -0.2) is 45.1 Å². The Kier molecular flexibility index (Phi) is 5.10. The van der Waals surface area contributed by atoms with Gasteiger partial charge in [-0.2, -0.15) is 0 Å². The SMILES string of the molecule is Cc1c(Cc2ccc(-c3cn(C)nn3)cc2)cc2c(c1C)CN(C[C@H]1CCCO1)C2=O. The molecule has 2 aromatic carbocycles. The van der Waals surface area contributed by atoms with E-state index in [-0.39, 0.29) is 12.0 Å². The van der Waals surface area contributed by atoms with Crippen LogP contribution in [-0.2, 0) is 24.8 Å². The van der Waals surface area contributed by atoms with E-state index in [2.05, 4.69) is 54.5 Å². The topological polar surface area (TPSA) is 60.3 Å². The fraction of sp³-hybridized carbons (Fsp3) is 0.400. The van der Waals surface area contributed by atoms with Crippen molar-refractivity contribution in [2.45, 2.75) is 45.8 Å². The van der Waals surface area contributed by atoms with Gasteiger partial charge in [0.15, 0.2) is 0 Å². The maximum absolute atomic E-state index is 13.1. The predicted octanol–water partition coefficient (Wildman–Crippen LogP) is 3.82. The molecule has 0 N–H and O–H groups in total. The molecule has 160 valence electrons. The number of hydrogen-bond acceptors (Lipinski definition) is 4. The zero-order valence-electron chi connectivity index (χ0n) is 18.4. The van der Waals surface area contributed by atoms with Gasteiger partial charge in [0, 0.05) is 37.9 Å². The third-order valence-corrected chi connectivity index (χ3v) is 6.70. The van der Waals surface area contributed by atoms with Crippen molar-refractivity contribution in [1.82, 2.24) is 19.9 Å². The Morgan fingerprint density at radius 3 is 2.65 bits per heavy atom. The van der Waals surface area contributed by atoms with E-state index >= 15 is 0 Å². The van der Waals surface area contributed by atoms with E-state index in [4.69, 9.17) is 4.74 Å². The molecule has 3 aromatic rings. The quantitative estimate of drug-likeness (QED) is 0.634. The molecule has 0 radical (unpaired) electrons. The van der Waals surface area contributed by atoms with Crippen molar-refractivity contribution < 1.29 is 9.53 Å². The molecule has 1 aromatic heterocycles. The molecule has 6 heteroatoms. The van der Waals surface area contributed by atoms with E-state index < -0.39 is 0 Å². The van der Waals surface area contributed by atoms with Crippen LogP contribution in [0.4, 0.5) is 0 Å². The fourth-order valence-electron chi connectivity index (χ4n) is 4.72. The van der Waals surface area contributed by atoms with E-state index in [1.54, 1.807) is 4.68 Å². The molecule has 1 amide bonds. The van der Waals surface area contributed by atoms with Gasteiger partial charge < -0.3 is 9.64 Å². The number of hydrogen-bond donors (Lipinski definition) is 0. The van der Waals surface area contributed by atoms with Crippen LogP contribution in [0.1, 0.15) is 51.0 Å². The fourth-order valence-corrected chi connectivity index (χ4v) is 4.72. The molecule has 1 atom stereocenters. The summed E-state index contributed by atoms with van der Waals surface area (Å²) in [5.74, 6) is 0.146. The van der Waals surface area contributed by atoms with Gasteiger partial charge in [0.05, 0.1) is 12.3 Å². The number of fused-ring (bicyclic) bond motifs is 1. The molecule has 0 unspecified atom stereocenters. The Morgan fingerprint density at radius 2 is 1.97 bits per heavy atom. The molecule has 1 saturated heterocycles. The molecule has 5 rings (SSSR count). The highest BCUT2D eigenvalue weighted by Gasteiger charge is 2.32. The summed E-state index contributed by atoms with van der Waals surface area (Å²) in [6.07, 6.45) is 5.05. The van der Waals surface area contributed by atoms with Crippen LogP contribution in [0.15, 0.2) is 36.5 Å². The zero-order valence-corrected chi connectivity index (χ0v) is 18.4. The maximum Gasteiger partial charge on any atom is 0.254 e. The Morgan fingerprint density at radius 1 is 1.16 bits per heavy atom. The molecule has 1 fully saturated rings. The number of nitrogens with zero attached hydrogens (tertiary/aromatic N) is 4. The largest absolute Gasteiger partial charge is 0.376 e. The normalized spacial score (nSPS) is 18.1. The molecular formula is C25H28N4O2. The highest BCUT2D eigenvalue weighted by molar-refractivity contribution is 5.99. The van der Waals surface area contributed by atoms with Gasteiger partial charge in [-0.25, -0.2) is 0 Å². The lowest BCUT2D eigenvalue weighted by Gasteiger charge is -2.19. The first-order chi connectivity index (χ1) is 15.0. The van der Waals surface area contributed by atoms with Crippen LogP contribution >= 0.6 is 0 Å². The summed E-state index contributed by atoms with van der Waals surface area (Å²) in [7, 11) is 1.87. The van der Waals surface area contributed by atoms with Crippen molar-refractivity contribution in [3.63, 3.8) is 0 Å². The summed E-state index contributed by atoms with van der Waals surface area (Å²) in [5, 5.41) is 8.18. The van der Waals surface area contributed by atoms with Crippen LogP contribution in [0.3, 0.4) is 0 Å². The third kappa shape index (κ3) is 3.76. The minimum Gasteiger partial charge on any atom is -0.376 e. The number of carbonyl (C=O) groups excluding carboxylic acids is 1. The highest BCUT2D eigenvalue weighted by Crippen LogP contribution is 2.32. The number of aryl methyl sites for hydroxylation is 1. The Bertz CT molecular complexity index is 1130. The lowest BCUT2D eigenvalue weighted by molar-refractivity contribution is 0.0545. The average Bonchev–Trinajstić information content (AvgIpc) is 3.50. The van der Waals surface area contributed by atoms with Gasteiger partial charge in [-0.3, -0.25) is 9.48 Å². The second-order valence-electron chi connectivity index (χ2n) is 8.78. The first-order valence-electron chi connectivity index (χ1n) is 11.0. The molecule has 0 bridgehead atoms. The van der Waals surface area contributed by atoms with Crippen molar-refractivity contribution in [3.8, 4) is 11.3 Å². The van der Waals surface area contributed by atoms with Gasteiger partial charge in [0.25, 0.3) is 5.91 Å². The number of rotatable bonds is 5. The molecule has 6 nitrogen and oxygen atoms in total. The van der Waals surface area contributed by atoms with Gasteiger partial charge in [-0.15, -0.1) is 5.10 Å². The first kappa shape index (κ1) is 19.9. The summed E-state index contributed by atoms with van der Waals surface area (Å²) in [6, 6.07) is 10.6. The Hall–Kier alpha value is -2.99. The van der Waals surface area contributed by atoms with Crippen molar-refractivity contribution in [2.24, 2.45) is 7.05 Å². The van der Waals surface area contributed by atoms with Gasteiger partial charge in [-0.1, -0.05) is 29.5 Å². The van der Waals surface area contributed by atoms with Crippen LogP contribution < -0.4 is 0 Å². The molecule has 0 saturated carbocycles. The van der Waals surface area contributed by atoms with Crippen LogP contribution in [0.25, 0.3) is 11.3 Å². The lowest BCUT2D eigenvalue weighted by Crippen LogP contribution is -2.32. The van der Waals surface area contributed by atoms with E-state index in [1.807, 2.05) is 18.1 Å². The van der Waals surface area contributed by atoms with Crippen LogP contribution in [0, 0.1) is 13.8 Å². The summed E-state index contributed by atoms with van der Waals surface area (Å²) >= 11 is 0. The van der Waals surface area contributed by atoms with Gasteiger partial charge in [0.1, 0.15) is 5.69 Å². The summed E-state index contributed by atoms with van der Waals surface area (Å²) in [5.41, 5.74) is 8.94. The van der Waals surface area contributed by atoms with E-state index in [0.29, 0.717) is 13.1 Å². The van der Waals surface area contributed by atoms with Gasteiger partial charge >= 0.3 is 0 Å². The monoisotopic (exact) mass is 416 g/mol. The standard InChI is InChI=1S/C25H28N4O2/c1-16-17(2)23-14-29(13-21-5-4-10-31-21)25(30)22(23)12-20(16)11-18-6-8-19(9-7-18)24-15-28(3)27-26-24/h6-9,12,15,21H,4-5,10-11,13-14H2,1-3H3/t21-/m1/s1. The number of benzene rings is 2. The number of aromatic nitrogens is 3.